The Morgan fingerprint density at radius 2 is 2.04 bits per heavy atom. The van der Waals surface area contributed by atoms with E-state index in [1.807, 2.05) is 25.1 Å². The molecule has 0 saturated heterocycles. The number of carbonyl (C=O) groups excluding carboxylic acids is 1. The molecule has 6 nitrogen and oxygen atoms in total. The number of nitrogens with one attached hydrogen (secondary N) is 1. The van der Waals surface area contributed by atoms with Gasteiger partial charge in [-0.25, -0.2) is 0 Å². The fourth-order valence-corrected chi connectivity index (χ4v) is 2.19. The Labute approximate surface area is 140 Å². The Morgan fingerprint density at radius 3 is 2.71 bits per heavy atom. The van der Waals surface area contributed by atoms with Crippen LogP contribution in [0.5, 0.6) is 5.75 Å². The average Bonchev–Trinajstić information content (AvgIpc) is 2.56. The van der Waals surface area contributed by atoms with E-state index < -0.39 is 11.0 Å². The van der Waals surface area contributed by atoms with Crippen molar-refractivity contribution < 1.29 is 14.5 Å². The van der Waals surface area contributed by atoms with Gasteiger partial charge in [-0.2, -0.15) is 0 Å². The molecule has 0 bridgehead atoms. The van der Waals surface area contributed by atoms with Crippen LogP contribution in [0, 0.1) is 17.0 Å². The number of carbonyl (C=O) groups is 1. The first-order valence-electron chi connectivity index (χ1n) is 7.72. The molecule has 6 heteroatoms. The Balaban J connectivity index is 2.08. The third-order valence-electron chi connectivity index (χ3n) is 3.68. The van der Waals surface area contributed by atoms with Gasteiger partial charge in [0, 0.05) is 12.1 Å². The van der Waals surface area contributed by atoms with Gasteiger partial charge in [-0.3, -0.25) is 14.9 Å². The highest BCUT2D eigenvalue weighted by Crippen LogP contribution is 2.22. The van der Waals surface area contributed by atoms with Crippen LogP contribution in [0.25, 0.3) is 0 Å². The highest BCUT2D eigenvalue weighted by molar-refractivity contribution is 5.95. The number of ether oxygens (including phenoxy) is 1. The minimum Gasteiger partial charge on any atom is -0.481 e. The fraction of sp³-hybridized carbons (Fsp3) is 0.278. The first-order valence-corrected chi connectivity index (χ1v) is 7.72. The first kappa shape index (κ1) is 17.5. The summed E-state index contributed by atoms with van der Waals surface area (Å²) in [5.74, 6) is 0.258. The second-order valence-corrected chi connectivity index (χ2v) is 5.51. The van der Waals surface area contributed by atoms with Crippen LogP contribution < -0.4 is 10.1 Å². The van der Waals surface area contributed by atoms with Crippen LogP contribution in [0.3, 0.4) is 0 Å². The van der Waals surface area contributed by atoms with Gasteiger partial charge in [0.1, 0.15) is 5.75 Å². The molecule has 2 aromatic carbocycles. The Kier molecular flexibility index (Phi) is 5.52. The number of anilines is 1. The normalized spacial score (nSPS) is 11.6. The number of nitrogens with zero attached hydrogens (tertiary/aromatic N) is 1. The molecule has 126 valence electrons. The van der Waals surface area contributed by atoms with E-state index >= 15 is 0 Å². The van der Waals surface area contributed by atoms with Crippen LogP contribution in [-0.4, -0.2) is 16.9 Å². The lowest BCUT2D eigenvalue weighted by molar-refractivity contribution is -0.384. The number of nitro groups is 1. The monoisotopic (exact) mass is 328 g/mol. The molecule has 1 unspecified atom stereocenters. The number of hydrogen-bond donors (Lipinski definition) is 1. The topological polar surface area (TPSA) is 81.5 Å². The van der Waals surface area contributed by atoms with E-state index in [1.54, 1.807) is 26.0 Å². The van der Waals surface area contributed by atoms with E-state index in [9.17, 15) is 14.9 Å². The van der Waals surface area contributed by atoms with E-state index in [0.717, 1.165) is 17.5 Å². The van der Waals surface area contributed by atoms with Gasteiger partial charge < -0.3 is 10.1 Å². The third-order valence-corrected chi connectivity index (χ3v) is 3.68. The van der Waals surface area contributed by atoms with E-state index in [0.29, 0.717) is 11.4 Å². The summed E-state index contributed by atoms with van der Waals surface area (Å²) in [6.07, 6.45) is 0.153. The Bertz CT molecular complexity index is 758. The quantitative estimate of drug-likeness (QED) is 0.644. The number of aryl methyl sites for hydroxylation is 2. The molecular weight excluding hydrogens is 308 g/mol. The molecule has 0 fully saturated rings. The number of non-ortho nitro benzene ring substituents is 1. The van der Waals surface area contributed by atoms with Crippen LogP contribution in [0.15, 0.2) is 42.5 Å². The zero-order valence-electron chi connectivity index (χ0n) is 13.9. The highest BCUT2D eigenvalue weighted by atomic mass is 16.6. The van der Waals surface area contributed by atoms with Crippen molar-refractivity contribution in [1.29, 1.82) is 0 Å². The second kappa shape index (κ2) is 7.59. The summed E-state index contributed by atoms with van der Waals surface area (Å²) < 4.78 is 5.66. The van der Waals surface area contributed by atoms with Gasteiger partial charge in [-0.1, -0.05) is 25.1 Å². The standard InChI is InChI=1S/C18H20N2O4/c1-4-14-6-5-7-16(10-14)24-13(3)18(21)19-17-11-15(20(22)23)9-8-12(17)2/h5-11,13H,4H2,1-3H3,(H,19,21). The van der Waals surface area contributed by atoms with Crippen molar-refractivity contribution in [2.24, 2.45) is 0 Å². The van der Waals surface area contributed by atoms with Crippen molar-refractivity contribution in [2.45, 2.75) is 33.3 Å². The number of amides is 1. The van der Waals surface area contributed by atoms with Gasteiger partial charge in [0.05, 0.1) is 10.6 Å². The van der Waals surface area contributed by atoms with Crippen molar-refractivity contribution in [1.82, 2.24) is 0 Å². The zero-order chi connectivity index (χ0) is 17.7. The maximum Gasteiger partial charge on any atom is 0.271 e. The summed E-state index contributed by atoms with van der Waals surface area (Å²) in [5, 5.41) is 13.5. The van der Waals surface area contributed by atoms with Crippen molar-refractivity contribution in [2.75, 3.05) is 5.32 Å². The minimum atomic E-state index is -0.726. The van der Waals surface area contributed by atoms with Crippen molar-refractivity contribution in [3.63, 3.8) is 0 Å². The lowest BCUT2D eigenvalue weighted by Gasteiger charge is -2.16. The molecule has 24 heavy (non-hydrogen) atoms. The van der Waals surface area contributed by atoms with E-state index in [2.05, 4.69) is 5.32 Å². The Morgan fingerprint density at radius 1 is 1.29 bits per heavy atom. The smallest absolute Gasteiger partial charge is 0.271 e. The molecule has 0 aromatic heterocycles. The van der Waals surface area contributed by atoms with E-state index in [-0.39, 0.29) is 11.6 Å². The van der Waals surface area contributed by atoms with E-state index in [4.69, 9.17) is 4.74 Å². The first-order chi connectivity index (χ1) is 11.4. The molecule has 0 spiro atoms. The van der Waals surface area contributed by atoms with Gasteiger partial charge in [0.15, 0.2) is 6.10 Å². The molecule has 1 atom stereocenters. The van der Waals surface area contributed by atoms with Crippen LogP contribution >= 0.6 is 0 Å². The minimum absolute atomic E-state index is 0.0693. The average molecular weight is 328 g/mol. The van der Waals surface area contributed by atoms with Crippen molar-refractivity contribution >= 4 is 17.3 Å². The molecule has 0 saturated carbocycles. The second-order valence-electron chi connectivity index (χ2n) is 5.51. The molecule has 2 aromatic rings. The van der Waals surface area contributed by atoms with Crippen LogP contribution in [-0.2, 0) is 11.2 Å². The lowest BCUT2D eigenvalue weighted by Crippen LogP contribution is -2.30. The summed E-state index contributed by atoms with van der Waals surface area (Å²) in [4.78, 5) is 22.7. The predicted molar refractivity (Wildman–Crippen MR) is 92.4 cm³/mol. The van der Waals surface area contributed by atoms with Gasteiger partial charge in [-0.15, -0.1) is 0 Å². The molecule has 0 aliphatic rings. The van der Waals surface area contributed by atoms with Crippen molar-refractivity contribution in [3.05, 3.63) is 63.7 Å². The molecule has 0 heterocycles. The molecule has 1 N–H and O–H groups in total. The number of rotatable bonds is 6. The number of benzene rings is 2. The third kappa shape index (κ3) is 4.32. The fourth-order valence-electron chi connectivity index (χ4n) is 2.19. The maximum absolute atomic E-state index is 12.3. The number of hydrogen-bond acceptors (Lipinski definition) is 4. The maximum atomic E-state index is 12.3. The zero-order valence-corrected chi connectivity index (χ0v) is 13.9. The molecule has 0 radical (unpaired) electrons. The summed E-state index contributed by atoms with van der Waals surface area (Å²) >= 11 is 0. The van der Waals surface area contributed by atoms with Crippen LogP contribution in [0.4, 0.5) is 11.4 Å². The lowest BCUT2D eigenvalue weighted by atomic mass is 10.1. The van der Waals surface area contributed by atoms with E-state index in [1.165, 1.54) is 12.1 Å². The van der Waals surface area contributed by atoms with Crippen LogP contribution in [0.2, 0.25) is 0 Å². The Hall–Kier alpha value is -2.89. The molecule has 1 amide bonds. The number of nitro benzene ring substituents is 1. The summed E-state index contributed by atoms with van der Waals surface area (Å²) in [7, 11) is 0. The molecule has 2 rings (SSSR count). The predicted octanol–water partition coefficient (Wildman–Crippen LogP) is 3.87. The SMILES string of the molecule is CCc1cccc(OC(C)C(=O)Nc2cc([N+](=O)[O-])ccc2C)c1. The van der Waals surface area contributed by atoms with Gasteiger partial charge in [-0.05, 0) is 43.5 Å². The summed E-state index contributed by atoms with van der Waals surface area (Å²) in [5.41, 5.74) is 2.20. The molecule has 0 aliphatic carbocycles. The van der Waals surface area contributed by atoms with Gasteiger partial charge >= 0.3 is 0 Å². The molecule has 0 aliphatic heterocycles. The highest BCUT2D eigenvalue weighted by Gasteiger charge is 2.17. The molecular formula is C18H20N2O4. The van der Waals surface area contributed by atoms with Gasteiger partial charge in [0.2, 0.25) is 0 Å². The summed E-state index contributed by atoms with van der Waals surface area (Å²) in [6, 6.07) is 11.9. The summed E-state index contributed by atoms with van der Waals surface area (Å²) in [6.45, 7) is 5.45. The van der Waals surface area contributed by atoms with Crippen LogP contribution in [0.1, 0.15) is 25.0 Å². The van der Waals surface area contributed by atoms with Crippen molar-refractivity contribution in [3.8, 4) is 5.75 Å². The largest absolute Gasteiger partial charge is 0.481 e. The van der Waals surface area contributed by atoms with Gasteiger partial charge in [0.25, 0.3) is 11.6 Å².